The zero-order valence-electron chi connectivity index (χ0n) is 22.5. The molecule has 0 radical (unpaired) electrons. The van der Waals surface area contributed by atoms with E-state index in [0.29, 0.717) is 46.1 Å². The maximum atomic E-state index is 12.7. The van der Waals surface area contributed by atoms with Crippen LogP contribution in [0.5, 0.6) is 23.3 Å². The fourth-order valence-corrected chi connectivity index (χ4v) is 4.16. The van der Waals surface area contributed by atoms with Gasteiger partial charge in [-0.15, -0.1) is 0 Å². The molecule has 0 aliphatic carbocycles. The van der Waals surface area contributed by atoms with Crippen LogP contribution in [0.4, 0.5) is 22.4 Å². The lowest BCUT2D eigenvalue weighted by atomic mass is 10.1. The van der Waals surface area contributed by atoms with Gasteiger partial charge in [0.05, 0.1) is 36.4 Å². The number of hydrogen-bond donors (Lipinski definition) is 3. The Morgan fingerprint density at radius 2 is 1.62 bits per heavy atom. The summed E-state index contributed by atoms with van der Waals surface area (Å²) in [5, 5.41) is 9.22. The summed E-state index contributed by atoms with van der Waals surface area (Å²) < 4.78 is 21.8. The maximum Gasteiger partial charge on any atom is 0.339 e. The van der Waals surface area contributed by atoms with E-state index in [4.69, 9.17) is 30.2 Å². The van der Waals surface area contributed by atoms with Gasteiger partial charge in [0.2, 0.25) is 11.9 Å². The van der Waals surface area contributed by atoms with Crippen LogP contribution in [-0.2, 0) is 6.42 Å². The minimum atomic E-state index is -0.637. The van der Waals surface area contributed by atoms with Gasteiger partial charge in [0.15, 0.2) is 11.5 Å². The Bertz CT molecular complexity index is 1800. The van der Waals surface area contributed by atoms with Crippen LogP contribution in [0.2, 0.25) is 5.02 Å². The molecule has 2 amide bonds. The number of rotatable bonds is 10. The van der Waals surface area contributed by atoms with Crippen molar-refractivity contribution >= 4 is 46.2 Å². The number of halogens is 1. The Balaban J connectivity index is 1.39. The summed E-state index contributed by atoms with van der Waals surface area (Å²) in [6.45, 7) is 0.419. The number of carbonyl (C=O) groups excluding carboxylic acids is 1. The van der Waals surface area contributed by atoms with Gasteiger partial charge in [-0.25, -0.2) is 9.59 Å². The molecule has 5 rings (SSSR count). The molecule has 42 heavy (non-hydrogen) atoms. The van der Waals surface area contributed by atoms with Gasteiger partial charge in [-0.2, -0.15) is 15.0 Å². The number of para-hydroxylation sites is 2. The number of nitrogens with zero attached hydrogens (tertiary/aromatic N) is 3. The van der Waals surface area contributed by atoms with Gasteiger partial charge in [-0.1, -0.05) is 41.9 Å². The third kappa shape index (κ3) is 6.85. The van der Waals surface area contributed by atoms with Crippen molar-refractivity contribution in [3.05, 3.63) is 93.8 Å². The molecule has 214 valence electrons. The standard InChI is InChI=1S/C29H25ClN6O6/c1-39-22-12-11-17(15-24(22)40-2)13-14-31-26-33-27(34-28(38)32-20-9-5-4-8-19(20)30)36-29(35-26)42-23-16-25(37)41-21-10-6-3-7-18(21)23/h3-12,15-16H,13-14H2,1-2H3,(H3,31,32,33,34,35,36,38). The molecule has 0 fully saturated rings. The lowest BCUT2D eigenvalue weighted by molar-refractivity contribution is 0.262. The Kier molecular flexibility index (Phi) is 8.64. The number of amides is 2. The van der Waals surface area contributed by atoms with Gasteiger partial charge in [0.1, 0.15) is 11.3 Å². The number of urea groups is 1. The minimum Gasteiger partial charge on any atom is -0.493 e. The van der Waals surface area contributed by atoms with Crippen LogP contribution in [0.3, 0.4) is 0 Å². The molecule has 0 spiro atoms. The van der Waals surface area contributed by atoms with Crippen molar-refractivity contribution in [2.24, 2.45) is 0 Å². The predicted molar refractivity (Wildman–Crippen MR) is 158 cm³/mol. The van der Waals surface area contributed by atoms with E-state index in [9.17, 15) is 9.59 Å². The average Bonchev–Trinajstić information content (AvgIpc) is 2.98. The SMILES string of the molecule is COc1ccc(CCNc2nc(NC(=O)Nc3ccccc3Cl)nc(Oc3cc(=O)oc4ccccc34)n2)cc1OC. The largest absolute Gasteiger partial charge is 0.493 e. The highest BCUT2D eigenvalue weighted by Gasteiger charge is 2.15. The number of aromatic nitrogens is 3. The molecule has 0 saturated heterocycles. The molecule has 2 aromatic heterocycles. The van der Waals surface area contributed by atoms with Crippen LogP contribution in [0.1, 0.15) is 5.56 Å². The fourth-order valence-electron chi connectivity index (χ4n) is 3.97. The second-order valence-corrected chi connectivity index (χ2v) is 9.13. The van der Waals surface area contributed by atoms with Crippen molar-refractivity contribution in [3.8, 4) is 23.3 Å². The number of methoxy groups -OCH3 is 2. The molecule has 0 aliphatic rings. The highest BCUT2D eigenvalue weighted by atomic mass is 35.5. The number of anilines is 3. The molecule has 0 atom stereocenters. The quantitative estimate of drug-likeness (QED) is 0.172. The normalized spacial score (nSPS) is 10.6. The van der Waals surface area contributed by atoms with Gasteiger partial charge in [-0.3, -0.25) is 5.32 Å². The summed E-state index contributed by atoms with van der Waals surface area (Å²) >= 11 is 6.15. The first-order chi connectivity index (χ1) is 20.4. The number of nitrogens with one attached hydrogen (secondary N) is 3. The third-order valence-electron chi connectivity index (χ3n) is 5.92. The van der Waals surface area contributed by atoms with Gasteiger partial charge in [0, 0.05) is 6.54 Å². The Hall–Kier alpha value is -5.36. The van der Waals surface area contributed by atoms with E-state index < -0.39 is 11.7 Å². The monoisotopic (exact) mass is 588 g/mol. The van der Waals surface area contributed by atoms with Gasteiger partial charge < -0.3 is 29.3 Å². The van der Waals surface area contributed by atoms with Gasteiger partial charge in [0.25, 0.3) is 0 Å². The number of ether oxygens (including phenoxy) is 3. The first-order valence-corrected chi connectivity index (χ1v) is 13.0. The molecule has 2 heterocycles. The zero-order valence-corrected chi connectivity index (χ0v) is 23.3. The van der Waals surface area contributed by atoms with E-state index in [-0.39, 0.29) is 23.7 Å². The molecule has 3 aromatic carbocycles. The summed E-state index contributed by atoms with van der Waals surface area (Å²) in [7, 11) is 3.15. The molecular formula is C29H25ClN6O6. The fraction of sp³-hybridized carbons (Fsp3) is 0.138. The van der Waals surface area contributed by atoms with Crippen LogP contribution >= 0.6 is 11.6 Å². The molecule has 0 saturated carbocycles. The number of fused-ring (bicyclic) bond motifs is 1. The molecule has 0 unspecified atom stereocenters. The Morgan fingerprint density at radius 1 is 0.857 bits per heavy atom. The third-order valence-corrected chi connectivity index (χ3v) is 6.25. The summed E-state index contributed by atoms with van der Waals surface area (Å²) in [6.07, 6.45) is 0.586. The lowest BCUT2D eigenvalue weighted by Crippen LogP contribution is -2.22. The first-order valence-electron chi connectivity index (χ1n) is 12.7. The highest BCUT2D eigenvalue weighted by molar-refractivity contribution is 6.33. The van der Waals surface area contributed by atoms with Crippen molar-refractivity contribution in [2.75, 3.05) is 36.7 Å². The molecular weight excluding hydrogens is 564 g/mol. The van der Waals surface area contributed by atoms with E-state index in [0.717, 1.165) is 5.56 Å². The maximum absolute atomic E-state index is 12.7. The lowest BCUT2D eigenvalue weighted by Gasteiger charge is -2.12. The van der Waals surface area contributed by atoms with E-state index in [1.165, 1.54) is 6.07 Å². The molecule has 5 aromatic rings. The van der Waals surface area contributed by atoms with Crippen molar-refractivity contribution in [1.82, 2.24) is 15.0 Å². The molecule has 0 aliphatic heterocycles. The smallest absolute Gasteiger partial charge is 0.339 e. The van der Waals surface area contributed by atoms with Gasteiger partial charge in [-0.05, 0) is 48.4 Å². The number of carbonyl (C=O) groups is 1. The second kappa shape index (κ2) is 12.9. The van der Waals surface area contributed by atoms with Crippen LogP contribution in [0.15, 0.2) is 82.0 Å². The highest BCUT2D eigenvalue weighted by Crippen LogP contribution is 2.29. The van der Waals surface area contributed by atoms with Crippen molar-refractivity contribution in [2.45, 2.75) is 6.42 Å². The predicted octanol–water partition coefficient (Wildman–Crippen LogP) is 5.74. The van der Waals surface area contributed by atoms with Gasteiger partial charge >= 0.3 is 17.7 Å². The minimum absolute atomic E-state index is 0.106. The van der Waals surface area contributed by atoms with Crippen molar-refractivity contribution in [1.29, 1.82) is 0 Å². The zero-order chi connectivity index (χ0) is 29.5. The summed E-state index contributed by atoms with van der Waals surface area (Å²) in [6, 6.07) is 19.7. The van der Waals surface area contributed by atoms with Crippen molar-refractivity contribution < 1.29 is 23.4 Å². The van der Waals surface area contributed by atoms with Crippen LogP contribution in [-0.4, -0.2) is 41.7 Å². The van der Waals surface area contributed by atoms with Crippen LogP contribution in [0, 0.1) is 0 Å². The van der Waals surface area contributed by atoms with E-state index in [2.05, 4.69) is 30.9 Å². The van der Waals surface area contributed by atoms with E-state index in [1.807, 2.05) is 18.2 Å². The molecule has 3 N–H and O–H groups in total. The molecule has 0 bridgehead atoms. The van der Waals surface area contributed by atoms with E-state index in [1.54, 1.807) is 62.8 Å². The average molecular weight is 589 g/mol. The van der Waals surface area contributed by atoms with Crippen LogP contribution in [0.25, 0.3) is 11.0 Å². The summed E-state index contributed by atoms with van der Waals surface area (Å²) in [5.41, 5.74) is 1.10. The summed E-state index contributed by atoms with van der Waals surface area (Å²) in [5.74, 6) is 1.44. The topological polar surface area (TPSA) is 150 Å². The Labute approximate surface area is 244 Å². The van der Waals surface area contributed by atoms with Crippen LogP contribution < -0.4 is 35.8 Å². The molecule has 13 heteroatoms. The first kappa shape index (κ1) is 28.2. The van der Waals surface area contributed by atoms with Crippen molar-refractivity contribution in [3.63, 3.8) is 0 Å². The molecule has 12 nitrogen and oxygen atoms in total. The number of benzene rings is 3. The second-order valence-electron chi connectivity index (χ2n) is 8.72. The van der Waals surface area contributed by atoms with E-state index >= 15 is 0 Å². The number of hydrogen-bond acceptors (Lipinski definition) is 10. The summed E-state index contributed by atoms with van der Waals surface area (Å²) in [4.78, 5) is 37.7. The Morgan fingerprint density at radius 3 is 2.43 bits per heavy atom.